The molecule has 0 aliphatic heterocycles. The molecule has 1 amide bonds. The molecule has 7 nitrogen and oxygen atoms in total. The summed E-state index contributed by atoms with van der Waals surface area (Å²) in [6.07, 6.45) is 8.32. The number of halogens is 1. The van der Waals surface area contributed by atoms with Crippen LogP contribution < -0.4 is 15.8 Å². The van der Waals surface area contributed by atoms with Crippen molar-refractivity contribution in [1.82, 2.24) is 20.1 Å². The van der Waals surface area contributed by atoms with Gasteiger partial charge in [-0.1, -0.05) is 31.4 Å². The summed E-state index contributed by atoms with van der Waals surface area (Å²) in [6, 6.07) is 7.42. The average Bonchev–Trinajstić information content (AvgIpc) is 3.16. The lowest BCUT2D eigenvalue weighted by atomic mass is 9.95. The Kier molecular flexibility index (Phi) is 8.06. The predicted octanol–water partition coefficient (Wildman–Crippen LogP) is 2.40. The highest BCUT2D eigenvalue weighted by Gasteiger charge is 2.20. The second-order valence-electron chi connectivity index (χ2n) is 6.82. The standard InChI is InChI=1S/C19H27N5O2.ClH/c1-26-16-9-7-14(8-10-16)11-17(20)19(25)21-12-18-23-22-13-24(18)15-5-3-2-4-6-15;/h7-10,13,15,17H,2-6,11-12,20H2,1H3,(H,21,25);1H/t17-;/m0./s1. The van der Waals surface area contributed by atoms with Gasteiger partial charge in [-0.15, -0.1) is 22.6 Å². The molecule has 3 rings (SSSR count). The molecule has 2 aromatic rings. The minimum atomic E-state index is -0.602. The van der Waals surface area contributed by atoms with Crippen molar-refractivity contribution in [3.8, 4) is 5.75 Å². The number of nitrogens with one attached hydrogen (secondary N) is 1. The van der Waals surface area contributed by atoms with Gasteiger partial charge in [-0.25, -0.2) is 0 Å². The van der Waals surface area contributed by atoms with Crippen molar-refractivity contribution in [3.05, 3.63) is 42.0 Å². The number of nitrogens with two attached hydrogens (primary N) is 1. The zero-order valence-corrected chi connectivity index (χ0v) is 16.5. The Morgan fingerprint density at radius 1 is 1.30 bits per heavy atom. The Morgan fingerprint density at radius 2 is 2.00 bits per heavy atom. The van der Waals surface area contributed by atoms with E-state index in [1.807, 2.05) is 24.3 Å². The van der Waals surface area contributed by atoms with E-state index in [1.54, 1.807) is 13.4 Å². The fourth-order valence-corrected chi connectivity index (χ4v) is 3.46. The molecule has 3 N–H and O–H groups in total. The molecule has 1 saturated carbocycles. The van der Waals surface area contributed by atoms with Crippen molar-refractivity contribution in [1.29, 1.82) is 0 Å². The van der Waals surface area contributed by atoms with Crippen LogP contribution in [0.15, 0.2) is 30.6 Å². The Bertz CT molecular complexity index is 713. The third kappa shape index (κ3) is 5.68. The molecular weight excluding hydrogens is 366 g/mol. The van der Waals surface area contributed by atoms with Gasteiger partial charge < -0.3 is 20.4 Å². The lowest BCUT2D eigenvalue weighted by Crippen LogP contribution is -2.42. The number of methoxy groups -OCH3 is 1. The molecule has 0 spiro atoms. The second-order valence-corrected chi connectivity index (χ2v) is 6.82. The van der Waals surface area contributed by atoms with Crippen LogP contribution in [0.4, 0.5) is 0 Å². The largest absolute Gasteiger partial charge is 0.497 e. The summed E-state index contributed by atoms with van der Waals surface area (Å²) in [5.41, 5.74) is 7.05. The summed E-state index contributed by atoms with van der Waals surface area (Å²) in [6.45, 7) is 0.353. The zero-order valence-electron chi connectivity index (χ0n) is 15.6. The van der Waals surface area contributed by atoms with Crippen LogP contribution in [0.2, 0.25) is 0 Å². The van der Waals surface area contributed by atoms with Gasteiger partial charge in [0.15, 0.2) is 5.82 Å². The minimum absolute atomic E-state index is 0. The summed E-state index contributed by atoms with van der Waals surface area (Å²) in [5, 5.41) is 11.1. The maximum Gasteiger partial charge on any atom is 0.237 e. The van der Waals surface area contributed by atoms with E-state index in [-0.39, 0.29) is 18.3 Å². The second kappa shape index (κ2) is 10.3. The van der Waals surface area contributed by atoms with E-state index in [4.69, 9.17) is 10.5 Å². The number of carbonyl (C=O) groups is 1. The van der Waals surface area contributed by atoms with Gasteiger partial charge in [0.25, 0.3) is 0 Å². The van der Waals surface area contributed by atoms with E-state index < -0.39 is 6.04 Å². The quantitative estimate of drug-likeness (QED) is 0.753. The zero-order chi connectivity index (χ0) is 18.4. The third-order valence-corrected chi connectivity index (χ3v) is 4.99. The van der Waals surface area contributed by atoms with Crippen LogP contribution in [-0.4, -0.2) is 33.8 Å². The van der Waals surface area contributed by atoms with Gasteiger partial charge in [-0.05, 0) is 37.0 Å². The van der Waals surface area contributed by atoms with Gasteiger partial charge in [0.1, 0.15) is 12.1 Å². The van der Waals surface area contributed by atoms with Gasteiger partial charge in [0.05, 0.1) is 19.7 Å². The number of nitrogens with zero attached hydrogens (tertiary/aromatic N) is 3. The summed E-state index contributed by atoms with van der Waals surface area (Å²) in [4.78, 5) is 12.3. The molecule has 8 heteroatoms. The molecule has 0 bridgehead atoms. The number of hydrogen-bond donors (Lipinski definition) is 2. The fourth-order valence-electron chi connectivity index (χ4n) is 3.46. The first-order chi connectivity index (χ1) is 12.7. The molecule has 0 saturated heterocycles. The molecule has 0 radical (unpaired) electrons. The maximum atomic E-state index is 12.3. The number of hydrogen-bond acceptors (Lipinski definition) is 5. The number of rotatable bonds is 7. The van der Waals surface area contributed by atoms with Crippen LogP contribution >= 0.6 is 12.4 Å². The van der Waals surface area contributed by atoms with Crippen molar-refractivity contribution in [3.63, 3.8) is 0 Å². The van der Waals surface area contributed by atoms with Gasteiger partial charge in [0.2, 0.25) is 5.91 Å². The molecule has 1 heterocycles. The van der Waals surface area contributed by atoms with E-state index in [0.29, 0.717) is 19.0 Å². The van der Waals surface area contributed by atoms with E-state index in [1.165, 1.54) is 19.3 Å². The van der Waals surface area contributed by atoms with Gasteiger partial charge in [-0.2, -0.15) is 0 Å². The molecule has 0 unspecified atom stereocenters. The van der Waals surface area contributed by atoms with Crippen LogP contribution in [0.25, 0.3) is 0 Å². The lowest BCUT2D eigenvalue weighted by molar-refractivity contribution is -0.122. The molecule has 1 atom stereocenters. The van der Waals surface area contributed by atoms with Gasteiger partial charge in [-0.3, -0.25) is 4.79 Å². The number of benzene rings is 1. The van der Waals surface area contributed by atoms with E-state index >= 15 is 0 Å². The van der Waals surface area contributed by atoms with Crippen molar-refractivity contribution >= 4 is 18.3 Å². The minimum Gasteiger partial charge on any atom is -0.497 e. The molecule has 1 aliphatic carbocycles. The number of aromatic nitrogens is 3. The highest BCUT2D eigenvalue weighted by Crippen LogP contribution is 2.28. The van der Waals surface area contributed by atoms with Crippen LogP contribution in [-0.2, 0) is 17.8 Å². The fraction of sp³-hybridized carbons (Fsp3) is 0.526. The number of carbonyl (C=O) groups excluding carboxylic acids is 1. The van der Waals surface area contributed by atoms with E-state index in [0.717, 1.165) is 30.0 Å². The van der Waals surface area contributed by atoms with Crippen molar-refractivity contribution in [2.45, 2.75) is 57.2 Å². The highest BCUT2D eigenvalue weighted by atomic mass is 35.5. The smallest absolute Gasteiger partial charge is 0.237 e. The normalized spacial score (nSPS) is 15.6. The Hall–Kier alpha value is -2.12. The topological polar surface area (TPSA) is 95.1 Å². The van der Waals surface area contributed by atoms with E-state index in [9.17, 15) is 4.79 Å². The van der Waals surface area contributed by atoms with Gasteiger partial charge >= 0.3 is 0 Å². The summed E-state index contributed by atoms with van der Waals surface area (Å²) in [7, 11) is 1.63. The van der Waals surface area contributed by atoms with Crippen LogP contribution in [0.5, 0.6) is 5.75 Å². The van der Waals surface area contributed by atoms with Crippen molar-refractivity contribution < 1.29 is 9.53 Å². The predicted molar refractivity (Wildman–Crippen MR) is 106 cm³/mol. The van der Waals surface area contributed by atoms with Gasteiger partial charge in [0, 0.05) is 6.04 Å². The lowest BCUT2D eigenvalue weighted by Gasteiger charge is -2.24. The molecule has 1 aliphatic rings. The van der Waals surface area contributed by atoms with Crippen molar-refractivity contribution in [2.24, 2.45) is 5.73 Å². The van der Waals surface area contributed by atoms with Crippen molar-refractivity contribution in [2.75, 3.05) is 7.11 Å². The SMILES string of the molecule is COc1ccc(C[C@H](N)C(=O)NCc2nncn2C2CCCCC2)cc1.Cl. The highest BCUT2D eigenvalue weighted by molar-refractivity contribution is 5.85. The summed E-state index contributed by atoms with van der Waals surface area (Å²) >= 11 is 0. The molecular formula is C19H28ClN5O2. The molecule has 1 aromatic heterocycles. The van der Waals surface area contributed by atoms with Crippen LogP contribution in [0, 0.1) is 0 Å². The summed E-state index contributed by atoms with van der Waals surface area (Å²) < 4.78 is 7.24. The first kappa shape index (κ1) is 21.2. The Balaban J connectivity index is 0.00000261. The first-order valence-electron chi connectivity index (χ1n) is 9.22. The number of ether oxygens (including phenoxy) is 1. The molecule has 1 aromatic carbocycles. The molecule has 1 fully saturated rings. The first-order valence-corrected chi connectivity index (χ1v) is 9.22. The monoisotopic (exact) mass is 393 g/mol. The average molecular weight is 394 g/mol. The van der Waals surface area contributed by atoms with Crippen LogP contribution in [0.1, 0.15) is 49.5 Å². The van der Waals surface area contributed by atoms with E-state index in [2.05, 4.69) is 20.1 Å². The van der Waals surface area contributed by atoms with Crippen LogP contribution in [0.3, 0.4) is 0 Å². The summed E-state index contributed by atoms with van der Waals surface area (Å²) in [5.74, 6) is 1.40. The number of amides is 1. The Labute approximate surface area is 166 Å². The third-order valence-electron chi connectivity index (χ3n) is 4.99. The maximum absolute atomic E-state index is 12.3. The molecule has 148 valence electrons. The molecule has 27 heavy (non-hydrogen) atoms. The Morgan fingerprint density at radius 3 is 2.67 bits per heavy atom.